The van der Waals surface area contributed by atoms with Crippen molar-refractivity contribution < 1.29 is 9.53 Å². The zero-order chi connectivity index (χ0) is 12.9. The van der Waals surface area contributed by atoms with Crippen molar-refractivity contribution in [1.82, 2.24) is 4.90 Å². The molecule has 1 aromatic rings. The van der Waals surface area contributed by atoms with Crippen molar-refractivity contribution in [3.05, 3.63) is 29.3 Å². The van der Waals surface area contributed by atoms with Crippen LogP contribution >= 0.6 is 0 Å². The van der Waals surface area contributed by atoms with E-state index in [1.807, 2.05) is 18.2 Å². The van der Waals surface area contributed by atoms with Crippen LogP contribution in [0.5, 0.6) is 5.75 Å². The summed E-state index contributed by atoms with van der Waals surface area (Å²) in [5.41, 5.74) is 1.99. The van der Waals surface area contributed by atoms with E-state index in [1.54, 1.807) is 0 Å². The standard InChI is InChI=1S/C16H19NO2/c18-11-12-3-4-15-13(8-12)9-16(19-15)5-7-17-6-1-2-14(17)10-16/h3-4,8,11,14H,1-2,5-7,9-10H2. The fraction of sp³-hybridized carbons (Fsp3) is 0.562. The summed E-state index contributed by atoms with van der Waals surface area (Å²) in [6.07, 6.45) is 6.83. The summed E-state index contributed by atoms with van der Waals surface area (Å²) < 4.78 is 6.30. The van der Waals surface area contributed by atoms with Gasteiger partial charge in [0.2, 0.25) is 0 Å². The maximum Gasteiger partial charge on any atom is 0.150 e. The highest BCUT2D eigenvalue weighted by molar-refractivity contribution is 5.75. The van der Waals surface area contributed by atoms with Gasteiger partial charge in [0.05, 0.1) is 0 Å². The van der Waals surface area contributed by atoms with E-state index in [9.17, 15) is 4.79 Å². The van der Waals surface area contributed by atoms with E-state index in [4.69, 9.17) is 4.74 Å². The van der Waals surface area contributed by atoms with Gasteiger partial charge in [-0.25, -0.2) is 0 Å². The Bertz CT molecular complexity index is 527. The molecule has 0 bridgehead atoms. The molecule has 0 radical (unpaired) electrons. The summed E-state index contributed by atoms with van der Waals surface area (Å²) in [5.74, 6) is 0.997. The number of ether oxygens (including phenoxy) is 1. The molecule has 0 N–H and O–H groups in total. The van der Waals surface area contributed by atoms with E-state index < -0.39 is 0 Å². The second-order valence-electron chi connectivity index (χ2n) is 6.23. The van der Waals surface area contributed by atoms with Crippen LogP contribution in [0.15, 0.2) is 18.2 Å². The van der Waals surface area contributed by atoms with Crippen LogP contribution in [0.4, 0.5) is 0 Å². The Balaban J connectivity index is 1.60. The third kappa shape index (κ3) is 1.79. The average Bonchev–Trinajstić information content (AvgIpc) is 3.01. The molecule has 19 heavy (non-hydrogen) atoms. The first-order chi connectivity index (χ1) is 9.28. The molecule has 2 saturated heterocycles. The Morgan fingerprint density at radius 2 is 2.32 bits per heavy atom. The van der Waals surface area contributed by atoms with E-state index in [-0.39, 0.29) is 5.60 Å². The van der Waals surface area contributed by atoms with Crippen LogP contribution < -0.4 is 4.74 Å². The first kappa shape index (κ1) is 11.5. The number of fused-ring (bicyclic) bond motifs is 2. The molecule has 2 unspecified atom stereocenters. The Labute approximate surface area is 113 Å². The molecule has 1 aromatic carbocycles. The molecule has 3 nitrogen and oxygen atoms in total. The van der Waals surface area contributed by atoms with Crippen molar-refractivity contribution in [1.29, 1.82) is 0 Å². The van der Waals surface area contributed by atoms with E-state index >= 15 is 0 Å². The number of carbonyl (C=O) groups excluding carboxylic acids is 1. The van der Waals surface area contributed by atoms with Crippen molar-refractivity contribution in [3.8, 4) is 5.75 Å². The van der Waals surface area contributed by atoms with Gasteiger partial charge in [0.1, 0.15) is 17.6 Å². The van der Waals surface area contributed by atoms with Crippen LogP contribution in [-0.2, 0) is 6.42 Å². The van der Waals surface area contributed by atoms with Crippen LogP contribution in [0, 0.1) is 0 Å². The summed E-state index contributed by atoms with van der Waals surface area (Å²) in [4.78, 5) is 13.5. The van der Waals surface area contributed by atoms with Crippen molar-refractivity contribution in [2.24, 2.45) is 0 Å². The second-order valence-corrected chi connectivity index (χ2v) is 6.23. The van der Waals surface area contributed by atoms with E-state index in [0.29, 0.717) is 6.04 Å². The van der Waals surface area contributed by atoms with Gasteiger partial charge in [-0.15, -0.1) is 0 Å². The largest absolute Gasteiger partial charge is 0.487 e. The SMILES string of the molecule is O=Cc1ccc2c(c1)CC1(CCN3CCCC3C1)O2. The number of nitrogens with zero attached hydrogens (tertiary/aromatic N) is 1. The quantitative estimate of drug-likeness (QED) is 0.724. The number of hydrogen-bond acceptors (Lipinski definition) is 3. The zero-order valence-corrected chi connectivity index (χ0v) is 11.1. The lowest BCUT2D eigenvalue weighted by Crippen LogP contribution is -2.50. The molecule has 3 aliphatic heterocycles. The molecule has 0 aliphatic carbocycles. The minimum absolute atomic E-state index is 0.00927. The Hall–Kier alpha value is -1.35. The number of hydrogen-bond donors (Lipinski definition) is 0. The molecular weight excluding hydrogens is 238 g/mol. The number of aldehydes is 1. The molecule has 1 spiro atoms. The molecule has 2 fully saturated rings. The first-order valence-electron chi connectivity index (χ1n) is 7.29. The smallest absolute Gasteiger partial charge is 0.150 e. The van der Waals surface area contributed by atoms with E-state index in [2.05, 4.69) is 4.90 Å². The van der Waals surface area contributed by atoms with Gasteiger partial charge in [-0.2, -0.15) is 0 Å². The van der Waals surface area contributed by atoms with Crippen molar-refractivity contribution in [3.63, 3.8) is 0 Å². The minimum Gasteiger partial charge on any atom is -0.487 e. The maximum atomic E-state index is 10.9. The van der Waals surface area contributed by atoms with Crippen LogP contribution in [0.3, 0.4) is 0 Å². The van der Waals surface area contributed by atoms with Gasteiger partial charge in [0.15, 0.2) is 0 Å². The highest BCUT2D eigenvalue weighted by atomic mass is 16.5. The van der Waals surface area contributed by atoms with Crippen LogP contribution in [-0.4, -0.2) is 35.9 Å². The third-order valence-corrected chi connectivity index (χ3v) is 5.02. The number of piperidine rings is 1. The summed E-state index contributed by atoms with van der Waals surface area (Å²) in [6.45, 7) is 2.43. The molecule has 3 heterocycles. The average molecular weight is 257 g/mol. The van der Waals surface area contributed by atoms with Crippen LogP contribution in [0.1, 0.15) is 41.6 Å². The number of carbonyl (C=O) groups is 1. The van der Waals surface area contributed by atoms with Gasteiger partial charge in [-0.1, -0.05) is 0 Å². The Kier molecular flexibility index (Phi) is 2.46. The van der Waals surface area contributed by atoms with Crippen molar-refractivity contribution in [2.75, 3.05) is 13.1 Å². The number of rotatable bonds is 1. The number of benzene rings is 1. The summed E-state index contributed by atoms with van der Waals surface area (Å²) in [6, 6.07) is 6.54. The highest BCUT2D eigenvalue weighted by Crippen LogP contribution is 2.44. The fourth-order valence-electron chi connectivity index (χ4n) is 4.08. The lowest BCUT2D eigenvalue weighted by Gasteiger charge is -2.41. The summed E-state index contributed by atoms with van der Waals surface area (Å²) in [5, 5.41) is 0. The molecule has 0 amide bonds. The minimum atomic E-state index is 0.00927. The van der Waals surface area contributed by atoms with Gasteiger partial charge in [0.25, 0.3) is 0 Å². The second kappa shape index (κ2) is 4.07. The van der Waals surface area contributed by atoms with Crippen LogP contribution in [0.25, 0.3) is 0 Å². The van der Waals surface area contributed by atoms with E-state index in [0.717, 1.165) is 36.9 Å². The van der Waals surface area contributed by atoms with Gasteiger partial charge in [0, 0.05) is 37.4 Å². The monoisotopic (exact) mass is 257 g/mol. The molecule has 3 aliphatic rings. The van der Waals surface area contributed by atoms with Gasteiger partial charge in [-0.05, 0) is 43.1 Å². The zero-order valence-electron chi connectivity index (χ0n) is 11.1. The lowest BCUT2D eigenvalue weighted by molar-refractivity contribution is 0.00195. The normalized spacial score (nSPS) is 32.9. The Morgan fingerprint density at radius 1 is 1.37 bits per heavy atom. The molecular formula is C16H19NO2. The van der Waals surface area contributed by atoms with Gasteiger partial charge in [-0.3, -0.25) is 4.79 Å². The maximum absolute atomic E-state index is 10.9. The highest BCUT2D eigenvalue weighted by Gasteiger charge is 2.46. The van der Waals surface area contributed by atoms with Crippen molar-refractivity contribution in [2.45, 2.75) is 43.7 Å². The summed E-state index contributed by atoms with van der Waals surface area (Å²) in [7, 11) is 0. The van der Waals surface area contributed by atoms with Gasteiger partial charge >= 0.3 is 0 Å². The third-order valence-electron chi connectivity index (χ3n) is 5.02. The van der Waals surface area contributed by atoms with Crippen molar-refractivity contribution >= 4 is 6.29 Å². The molecule has 3 heteroatoms. The lowest BCUT2D eigenvalue weighted by atomic mass is 9.83. The molecule has 100 valence electrons. The molecule has 2 atom stereocenters. The summed E-state index contributed by atoms with van der Waals surface area (Å²) >= 11 is 0. The van der Waals surface area contributed by atoms with E-state index in [1.165, 1.54) is 31.5 Å². The van der Waals surface area contributed by atoms with Gasteiger partial charge < -0.3 is 9.64 Å². The molecule has 0 saturated carbocycles. The first-order valence-corrected chi connectivity index (χ1v) is 7.29. The topological polar surface area (TPSA) is 29.5 Å². The predicted octanol–water partition coefficient (Wildman–Crippen LogP) is 2.43. The molecule has 0 aromatic heterocycles. The molecule has 4 rings (SSSR count). The fourth-order valence-corrected chi connectivity index (χ4v) is 4.08. The van der Waals surface area contributed by atoms with Crippen LogP contribution in [0.2, 0.25) is 0 Å². The predicted molar refractivity (Wildman–Crippen MR) is 72.7 cm³/mol. The Morgan fingerprint density at radius 3 is 3.21 bits per heavy atom.